The molecule has 0 saturated heterocycles. The van der Waals surface area contributed by atoms with E-state index in [0.717, 1.165) is 33.7 Å². The molecule has 0 atom stereocenters. The van der Waals surface area contributed by atoms with Crippen LogP contribution in [0.2, 0.25) is 0 Å². The van der Waals surface area contributed by atoms with Crippen LogP contribution in [0.25, 0.3) is 0 Å². The zero-order valence-electron chi connectivity index (χ0n) is 12.3. The van der Waals surface area contributed by atoms with Crippen LogP contribution in [0.5, 0.6) is 17.2 Å². The van der Waals surface area contributed by atoms with Gasteiger partial charge in [-0.15, -0.1) is 0 Å². The molecule has 0 N–H and O–H groups in total. The molecule has 0 aliphatic carbocycles. The van der Waals surface area contributed by atoms with Crippen LogP contribution >= 0.6 is 15.9 Å². The molecule has 2 aromatic rings. The van der Waals surface area contributed by atoms with Crippen LogP contribution in [0.1, 0.15) is 11.1 Å². The summed E-state index contributed by atoms with van der Waals surface area (Å²) in [7, 11) is 1.65. The summed E-state index contributed by atoms with van der Waals surface area (Å²) in [5.41, 5.74) is 2.29. The highest BCUT2D eigenvalue weighted by atomic mass is 79.9. The summed E-state index contributed by atoms with van der Waals surface area (Å²) in [4.78, 5) is 0. The monoisotopic (exact) mass is 350 g/mol. The van der Waals surface area contributed by atoms with Gasteiger partial charge in [0.2, 0.25) is 0 Å². The number of methoxy groups -OCH3 is 1. The lowest BCUT2D eigenvalue weighted by Crippen LogP contribution is -2.10. The molecule has 2 aromatic carbocycles. The highest BCUT2D eigenvalue weighted by molar-refractivity contribution is 9.08. The molecule has 0 saturated carbocycles. The van der Waals surface area contributed by atoms with Gasteiger partial charge in [-0.3, -0.25) is 0 Å². The van der Waals surface area contributed by atoms with Gasteiger partial charge in [-0.05, 0) is 36.8 Å². The van der Waals surface area contributed by atoms with Crippen molar-refractivity contribution in [2.75, 3.05) is 20.3 Å². The number of aryl methyl sites for hydroxylation is 1. The molecule has 112 valence electrons. The van der Waals surface area contributed by atoms with Crippen LogP contribution in [0.15, 0.2) is 42.5 Å². The predicted octanol–water partition coefficient (Wildman–Crippen LogP) is 4.36. The summed E-state index contributed by atoms with van der Waals surface area (Å²) in [5, 5.41) is 0.781. The molecular weight excluding hydrogens is 332 g/mol. The number of hydrogen-bond donors (Lipinski definition) is 0. The molecule has 0 aromatic heterocycles. The molecule has 0 bridgehead atoms. The molecule has 0 aliphatic heterocycles. The van der Waals surface area contributed by atoms with Gasteiger partial charge in [-0.1, -0.05) is 34.1 Å². The topological polar surface area (TPSA) is 27.7 Å². The van der Waals surface area contributed by atoms with Gasteiger partial charge in [-0.2, -0.15) is 0 Å². The minimum absolute atomic E-state index is 0.502. The largest absolute Gasteiger partial charge is 0.497 e. The maximum atomic E-state index is 5.85. The third-order valence-electron chi connectivity index (χ3n) is 3.10. The molecule has 4 heteroatoms. The van der Waals surface area contributed by atoms with E-state index in [4.69, 9.17) is 14.2 Å². The summed E-state index contributed by atoms with van der Waals surface area (Å²) in [6, 6.07) is 13.7. The van der Waals surface area contributed by atoms with E-state index < -0.39 is 0 Å². The normalized spacial score (nSPS) is 10.2. The van der Waals surface area contributed by atoms with Crippen LogP contribution in [0.4, 0.5) is 0 Å². The van der Waals surface area contributed by atoms with E-state index >= 15 is 0 Å². The number of para-hydroxylation sites is 1. The third-order valence-corrected chi connectivity index (χ3v) is 3.70. The van der Waals surface area contributed by atoms with Gasteiger partial charge >= 0.3 is 0 Å². The first-order valence-corrected chi connectivity index (χ1v) is 7.91. The van der Waals surface area contributed by atoms with Gasteiger partial charge in [0.05, 0.1) is 7.11 Å². The summed E-state index contributed by atoms with van der Waals surface area (Å²) in [5.74, 6) is 2.57. The second-order valence-corrected chi connectivity index (χ2v) is 5.13. The Labute approximate surface area is 134 Å². The van der Waals surface area contributed by atoms with Gasteiger partial charge in [0.1, 0.15) is 30.5 Å². The Bertz CT molecular complexity index is 567. The molecule has 0 fully saturated rings. The van der Waals surface area contributed by atoms with Crippen molar-refractivity contribution in [2.45, 2.75) is 12.3 Å². The average Bonchev–Trinajstić information content (AvgIpc) is 2.53. The fraction of sp³-hybridized carbons (Fsp3) is 0.294. The first-order valence-electron chi connectivity index (χ1n) is 6.78. The summed E-state index contributed by atoms with van der Waals surface area (Å²) in [6.45, 7) is 3.06. The zero-order chi connectivity index (χ0) is 15.1. The highest BCUT2D eigenvalue weighted by Gasteiger charge is 2.05. The number of alkyl halides is 1. The minimum Gasteiger partial charge on any atom is -0.497 e. The van der Waals surface area contributed by atoms with Gasteiger partial charge in [-0.25, -0.2) is 0 Å². The fourth-order valence-corrected chi connectivity index (χ4v) is 2.44. The Kier molecular flexibility index (Phi) is 5.93. The van der Waals surface area contributed by atoms with Crippen molar-refractivity contribution in [3.05, 3.63) is 53.6 Å². The molecule has 0 amide bonds. The van der Waals surface area contributed by atoms with Crippen molar-refractivity contribution in [2.24, 2.45) is 0 Å². The molecule has 0 spiro atoms. The van der Waals surface area contributed by atoms with Gasteiger partial charge in [0.25, 0.3) is 0 Å². The van der Waals surface area contributed by atoms with Crippen molar-refractivity contribution in [3.8, 4) is 17.2 Å². The van der Waals surface area contributed by atoms with Gasteiger partial charge < -0.3 is 14.2 Å². The van der Waals surface area contributed by atoms with E-state index in [2.05, 4.69) is 22.0 Å². The van der Waals surface area contributed by atoms with Crippen molar-refractivity contribution < 1.29 is 14.2 Å². The van der Waals surface area contributed by atoms with Crippen molar-refractivity contribution in [1.29, 1.82) is 0 Å². The Balaban J connectivity index is 1.84. The van der Waals surface area contributed by atoms with Gasteiger partial charge in [0, 0.05) is 10.9 Å². The second-order valence-electron chi connectivity index (χ2n) is 4.57. The molecule has 0 radical (unpaired) electrons. The number of rotatable bonds is 7. The Morgan fingerprint density at radius 3 is 2.24 bits per heavy atom. The van der Waals surface area contributed by atoms with Gasteiger partial charge in [0.15, 0.2) is 0 Å². The van der Waals surface area contributed by atoms with E-state index in [0.29, 0.717) is 13.2 Å². The van der Waals surface area contributed by atoms with Crippen LogP contribution in [-0.2, 0) is 5.33 Å². The van der Waals surface area contributed by atoms with Crippen LogP contribution in [0, 0.1) is 6.92 Å². The second kappa shape index (κ2) is 7.93. The standard InChI is InChI=1S/C17H19BrO3/c1-13-4-3-5-14(12-18)17(13)21-11-10-20-16-8-6-15(19-2)7-9-16/h3-9H,10-12H2,1-2H3. The van der Waals surface area contributed by atoms with Crippen molar-refractivity contribution >= 4 is 15.9 Å². The van der Waals surface area contributed by atoms with Crippen LogP contribution in [-0.4, -0.2) is 20.3 Å². The Hall–Kier alpha value is -1.68. The van der Waals surface area contributed by atoms with E-state index in [1.54, 1.807) is 7.11 Å². The summed E-state index contributed by atoms with van der Waals surface area (Å²) >= 11 is 3.48. The molecule has 3 nitrogen and oxygen atoms in total. The molecule has 21 heavy (non-hydrogen) atoms. The maximum absolute atomic E-state index is 5.85. The lowest BCUT2D eigenvalue weighted by molar-refractivity contribution is 0.215. The average molecular weight is 351 g/mol. The predicted molar refractivity (Wildman–Crippen MR) is 87.8 cm³/mol. The molecule has 0 unspecified atom stereocenters. The zero-order valence-corrected chi connectivity index (χ0v) is 13.9. The highest BCUT2D eigenvalue weighted by Crippen LogP contribution is 2.25. The SMILES string of the molecule is COc1ccc(OCCOc2c(C)cccc2CBr)cc1. The van der Waals surface area contributed by atoms with Crippen molar-refractivity contribution in [1.82, 2.24) is 0 Å². The lowest BCUT2D eigenvalue weighted by Gasteiger charge is -2.13. The van der Waals surface area contributed by atoms with Crippen LogP contribution < -0.4 is 14.2 Å². The lowest BCUT2D eigenvalue weighted by atomic mass is 10.1. The first kappa shape index (κ1) is 15.7. The van der Waals surface area contributed by atoms with E-state index in [1.165, 1.54) is 0 Å². The third kappa shape index (κ3) is 4.39. The molecule has 0 heterocycles. The fourth-order valence-electron chi connectivity index (χ4n) is 2.00. The minimum atomic E-state index is 0.502. The number of benzene rings is 2. The molecular formula is C17H19BrO3. The maximum Gasteiger partial charge on any atom is 0.126 e. The molecule has 2 rings (SSSR count). The van der Waals surface area contributed by atoms with Crippen LogP contribution in [0.3, 0.4) is 0 Å². The number of hydrogen-bond acceptors (Lipinski definition) is 3. The van der Waals surface area contributed by atoms with E-state index in [9.17, 15) is 0 Å². The molecule has 0 aliphatic rings. The Morgan fingerprint density at radius 1 is 0.905 bits per heavy atom. The quantitative estimate of drug-likeness (QED) is 0.548. The Morgan fingerprint density at radius 2 is 1.57 bits per heavy atom. The smallest absolute Gasteiger partial charge is 0.126 e. The summed E-state index contributed by atoms with van der Waals surface area (Å²) < 4.78 is 16.6. The first-order chi connectivity index (χ1) is 10.2. The number of halogens is 1. The van der Waals surface area contributed by atoms with Crippen molar-refractivity contribution in [3.63, 3.8) is 0 Å². The summed E-state index contributed by atoms with van der Waals surface area (Å²) in [6.07, 6.45) is 0. The van der Waals surface area contributed by atoms with E-state index in [1.807, 2.05) is 43.3 Å². The number of ether oxygens (including phenoxy) is 3. The van der Waals surface area contributed by atoms with E-state index in [-0.39, 0.29) is 0 Å².